The molecule has 1 heterocycles. The molecule has 1 aliphatic heterocycles. The first-order chi connectivity index (χ1) is 15.8. The van der Waals surface area contributed by atoms with E-state index in [0.29, 0.717) is 16.2 Å². The number of imide groups is 1. The number of nitrogens with one attached hydrogen (secondary N) is 2. The summed E-state index contributed by atoms with van der Waals surface area (Å²) >= 11 is 6.06. The van der Waals surface area contributed by atoms with E-state index in [0.717, 1.165) is 11.6 Å². The van der Waals surface area contributed by atoms with Gasteiger partial charge in [0, 0.05) is 11.3 Å². The topological polar surface area (TPSA) is 98.7 Å². The van der Waals surface area contributed by atoms with Crippen LogP contribution in [0.3, 0.4) is 0 Å². The van der Waals surface area contributed by atoms with Gasteiger partial charge in [-0.25, -0.2) is 9.29 Å². The molecule has 3 aromatic rings. The largest absolute Gasteiger partial charge is 0.506 e. The molecule has 0 fully saturated rings. The summed E-state index contributed by atoms with van der Waals surface area (Å²) < 4.78 is 14.1. The number of carbonyl (C=O) groups is 3. The summed E-state index contributed by atoms with van der Waals surface area (Å²) in [5.74, 6) is -2.88. The van der Waals surface area contributed by atoms with Crippen molar-refractivity contribution in [2.45, 2.75) is 6.92 Å². The monoisotopic (exact) mass is 465 g/mol. The lowest BCUT2D eigenvalue weighted by Crippen LogP contribution is -2.33. The van der Waals surface area contributed by atoms with E-state index in [1.54, 1.807) is 12.1 Å². The van der Waals surface area contributed by atoms with Gasteiger partial charge in [0.25, 0.3) is 17.7 Å². The second kappa shape index (κ2) is 8.76. The van der Waals surface area contributed by atoms with Crippen molar-refractivity contribution in [1.29, 1.82) is 0 Å². The van der Waals surface area contributed by atoms with Crippen LogP contribution in [-0.4, -0.2) is 22.8 Å². The fourth-order valence-electron chi connectivity index (χ4n) is 3.26. The van der Waals surface area contributed by atoms with Gasteiger partial charge in [-0.15, -0.1) is 0 Å². The molecule has 166 valence electrons. The summed E-state index contributed by atoms with van der Waals surface area (Å²) in [7, 11) is 0. The van der Waals surface area contributed by atoms with E-state index in [4.69, 9.17) is 11.6 Å². The van der Waals surface area contributed by atoms with Crippen molar-refractivity contribution in [3.8, 4) is 5.75 Å². The Bertz CT molecular complexity index is 1320. The van der Waals surface area contributed by atoms with Gasteiger partial charge in [-0.2, -0.15) is 0 Å². The Hall–Kier alpha value is -4.17. The molecule has 4 rings (SSSR count). The van der Waals surface area contributed by atoms with Crippen LogP contribution < -0.4 is 15.5 Å². The molecule has 7 nitrogen and oxygen atoms in total. The quantitative estimate of drug-likeness (QED) is 0.380. The predicted octanol–water partition coefficient (Wildman–Crippen LogP) is 4.53. The van der Waals surface area contributed by atoms with Crippen molar-refractivity contribution in [2.75, 3.05) is 15.5 Å². The van der Waals surface area contributed by atoms with Gasteiger partial charge in [0.15, 0.2) is 0 Å². The van der Waals surface area contributed by atoms with Gasteiger partial charge in [0.05, 0.1) is 11.4 Å². The highest BCUT2D eigenvalue weighted by Gasteiger charge is 2.40. The van der Waals surface area contributed by atoms with Crippen molar-refractivity contribution in [3.05, 3.63) is 94.4 Å². The van der Waals surface area contributed by atoms with Crippen LogP contribution >= 0.6 is 11.6 Å². The Morgan fingerprint density at radius 3 is 2.39 bits per heavy atom. The molecular formula is C24H17ClFN3O4. The highest BCUT2D eigenvalue weighted by Crippen LogP contribution is 2.31. The number of aryl methyl sites for hydroxylation is 1. The van der Waals surface area contributed by atoms with Gasteiger partial charge < -0.3 is 15.7 Å². The average Bonchev–Trinajstić information content (AvgIpc) is 3.00. The Balaban J connectivity index is 1.50. The number of para-hydroxylation sites is 1. The second-order valence-corrected chi connectivity index (χ2v) is 7.64. The maximum atomic E-state index is 14.1. The van der Waals surface area contributed by atoms with Gasteiger partial charge >= 0.3 is 0 Å². The maximum absolute atomic E-state index is 14.1. The zero-order valence-corrected chi connectivity index (χ0v) is 18.0. The molecule has 0 radical (unpaired) electrons. The lowest BCUT2D eigenvalue weighted by Gasteiger charge is -2.15. The summed E-state index contributed by atoms with van der Waals surface area (Å²) in [6.45, 7) is 1.83. The number of benzene rings is 3. The molecule has 0 spiro atoms. The number of rotatable bonds is 5. The highest BCUT2D eigenvalue weighted by molar-refractivity contribution is 6.53. The molecule has 9 heteroatoms. The first-order valence-electron chi connectivity index (χ1n) is 9.77. The minimum absolute atomic E-state index is 0.0577. The van der Waals surface area contributed by atoms with Crippen molar-refractivity contribution >= 4 is 46.4 Å². The second-order valence-electron chi connectivity index (χ2n) is 7.26. The van der Waals surface area contributed by atoms with E-state index in [1.807, 2.05) is 6.92 Å². The van der Waals surface area contributed by atoms with Crippen LogP contribution in [0.25, 0.3) is 0 Å². The fraction of sp³-hybridized carbons (Fsp3) is 0.0417. The molecule has 0 aromatic heterocycles. The van der Waals surface area contributed by atoms with Crippen molar-refractivity contribution in [1.82, 2.24) is 0 Å². The first-order valence-corrected chi connectivity index (χ1v) is 10.1. The van der Waals surface area contributed by atoms with Gasteiger partial charge in [-0.05, 0) is 61.0 Å². The van der Waals surface area contributed by atoms with Crippen LogP contribution in [0.5, 0.6) is 5.75 Å². The standard InChI is InChI=1S/C24H17ClFN3O4/c1-13-6-11-19(30)17(12-13)28-22(31)14-7-9-15(10-8-14)27-21-20(25)23(32)29(24(21)33)18-5-3-2-4-16(18)26/h2-12,27,30H,1H3,(H,28,31). The van der Waals surface area contributed by atoms with E-state index < -0.39 is 23.5 Å². The van der Waals surface area contributed by atoms with E-state index >= 15 is 0 Å². The normalized spacial score (nSPS) is 13.5. The van der Waals surface area contributed by atoms with E-state index in [-0.39, 0.29) is 27.9 Å². The van der Waals surface area contributed by atoms with E-state index in [9.17, 15) is 23.9 Å². The van der Waals surface area contributed by atoms with Gasteiger partial charge in [0.2, 0.25) is 0 Å². The Kier molecular flexibility index (Phi) is 5.85. The Morgan fingerprint density at radius 1 is 1.00 bits per heavy atom. The van der Waals surface area contributed by atoms with Crippen LogP contribution in [0.1, 0.15) is 15.9 Å². The third-order valence-electron chi connectivity index (χ3n) is 4.94. The zero-order chi connectivity index (χ0) is 23.7. The molecule has 1 aliphatic rings. The van der Waals surface area contributed by atoms with Crippen molar-refractivity contribution in [2.24, 2.45) is 0 Å². The number of nitrogens with zero attached hydrogens (tertiary/aromatic N) is 1. The molecule has 0 atom stereocenters. The number of phenols is 1. The molecule has 0 unspecified atom stereocenters. The van der Waals surface area contributed by atoms with Crippen molar-refractivity contribution < 1.29 is 23.9 Å². The van der Waals surface area contributed by atoms with Crippen molar-refractivity contribution in [3.63, 3.8) is 0 Å². The number of anilines is 3. The molecule has 3 amide bonds. The Labute approximate surface area is 193 Å². The average molecular weight is 466 g/mol. The number of hydrogen-bond donors (Lipinski definition) is 3. The SMILES string of the molecule is Cc1ccc(O)c(NC(=O)c2ccc(NC3=C(Cl)C(=O)N(c4ccccc4F)C3=O)cc2)c1. The fourth-order valence-corrected chi connectivity index (χ4v) is 3.47. The predicted molar refractivity (Wildman–Crippen MR) is 123 cm³/mol. The number of amides is 3. The summed E-state index contributed by atoms with van der Waals surface area (Å²) in [6.07, 6.45) is 0. The van der Waals surface area contributed by atoms with Crippen LogP contribution in [0.15, 0.2) is 77.5 Å². The number of halogens is 2. The third-order valence-corrected chi connectivity index (χ3v) is 5.29. The van der Waals surface area contributed by atoms with Gasteiger partial charge in [-0.1, -0.05) is 29.8 Å². The summed E-state index contributed by atoms with van der Waals surface area (Å²) in [6, 6.07) is 16.2. The highest BCUT2D eigenvalue weighted by atomic mass is 35.5. The van der Waals surface area contributed by atoms with Crippen LogP contribution in [0.2, 0.25) is 0 Å². The molecule has 3 aromatic carbocycles. The molecular weight excluding hydrogens is 449 g/mol. The van der Waals surface area contributed by atoms with E-state index in [2.05, 4.69) is 10.6 Å². The smallest absolute Gasteiger partial charge is 0.283 e. The van der Waals surface area contributed by atoms with Crippen LogP contribution in [-0.2, 0) is 9.59 Å². The zero-order valence-electron chi connectivity index (χ0n) is 17.2. The molecule has 0 saturated carbocycles. The molecule has 0 aliphatic carbocycles. The minimum Gasteiger partial charge on any atom is -0.506 e. The lowest BCUT2D eigenvalue weighted by molar-refractivity contribution is -0.120. The Morgan fingerprint density at radius 2 is 1.70 bits per heavy atom. The molecule has 0 saturated heterocycles. The van der Waals surface area contributed by atoms with Crippen LogP contribution in [0, 0.1) is 12.7 Å². The number of aromatic hydroxyl groups is 1. The number of carbonyl (C=O) groups excluding carboxylic acids is 3. The summed E-state index contributed by atoms with van der Waals surface area (Å²) in [4.78, 5) is 38.4. The maximum Gasteiger partial charge on any atom is 0.283 e. The number of hydrogen-bond acceptors (Lipinski definition) is 5. The molecule has 0 bridgehead atoms. The van der Waals surface area contributed by atoms with Gasteiger partial charge in [0.1, 0.15) is 22.3 Å². The van der Waals surface area contributed by atoms with Gasteiger partial charge in [-0.3, -0.25) is 14.4 Å². The summed E-state index contributed by atoms with van der Waals surface area (Å²) in [5.41, 5.74) is 1.43. The minimum atomic E-state index is -0.844. The number of phenolic OH excluding ortho intramolecular Hbond substituents is 1. The van der Waals surface area contributed by atoms with E-state index in [1.165, 1.54) is 48.5 Å². The van der Waals surface area contributed by atoms with Crippen LogP contribution in [0.4, 0.5) is 21.5 Å². The molecule has 3 N–H and O–H groups in total. The summed E-state index contributed by atoms with van der Waals surface area (Å²) in [5, 5.41) is 14.9. The molecule has 33 heavy (non-hydrogen) atoms. The third kappa shape index (κ3) is 4.28. The first kappa shape index (κ1) is 22.0. The lowest BCUT2D eigenvalue weighted by atomic mass is 10.1.